The summed E-state index contributed by atoms with van der Waals surface area (Å²) in [5.74, 6) is -0.661. The molecule has 0 spiro atoms. The second-order valence-corrected chi connectivity index (χ2v) is 6.59. The molecule has 6 nitrogen and oxygen atoms in total. The maximum Gasteiger partial charge on any atom is 0.258 e. The molecule has 3 heterocycles. The van der Waals surface area contributed by atoms with Crippen LogP contribution in [0.25, 0.3) is 22.0 Å². The van der Waals surface area contributed by atoms with Crippen LogP contribution in [0.2, 0.25) is 0 Å². The molecule has 7 heteroatoms. The van der Waals surface area contributed by atoms with Gasteiger partial charge in [0.2, 0.25) is 5.91 Å². The Labute approximate surface area is 148 Å². The molecule has 0 radical (unpaired) electrons. The van der Waals surface area contributed by atoms with E-state index in [0.717, 1.165) is 16.5 Å². The molecular weight excluding hydrogens is 335 g/mol. The van der Waals surface area contributed by atoms with Crippen LogP contribution in [0.3, 0.4) is 0 Å². The summed E-state index contributed by atoms with van der Waals surface area (Å²) >= 11 is 0. The highest BCUT2D eigenvalue weighted by Gasteiger charge is 2.43. The molecule has 3 aromatic heterocycles. The quantitative estimate of drug-likeness (QED) is 0.786. The van der Waals surface area contributed by atoms with E-state index in [-0.39, 0.29) is 17.9 Å². The van der Waals surface area contributed by atoms with E-state index in [1.165, 1.54) is 4.57 Å². The van der Waals surface area contributed by atoms with Gasteiger partial charge in [-0.2, -0.15) is 0 Å². The van der Waals surface area contributed by atoms with Gasteiger partial charge in [0.25, 0.3) is 5.56 Å². The first-order valence-electron chi connectivity index (χ1n) is 8.31. The van der Waals surface area contributed by atoms with Crippen molar-refractivity contribution in [1.29, 1.82) is 0 Å². The number of pyridine rings is 3. The Balaban J connectivity index is 1.77. The zero-order valence-electron chi connectivity index (χ0n) is 14.4. The zero-order valence-corrected chi connectivity index (χ0v) is 14.4. The van der Waals surface area contributed by atoms with Gasteiger partial charge in [0.1, 0.15) is 12.0 Å². The second-order valence-electron chi connectivity index (χ2n) is 6.59. The van der Waals surface area contributed by atoms with Gasteiger partial charge in [-0.1, -0.05) is 0 Å². The number of amides is 1. The van der Waals surface area contributed by atoms with Gasteiger partial charge in [0.05, 0.1) is 11.4 Å². The summed E-state index contributed by atoms with van der Waals surface area (Å²) in [7, 11) is 1.67. The monoisotopic (exact) mass is 352 g/mol. The molecule has 4 rings (SSSR count). The number of anilines is 1. The van der Waals surface area contributed by atoms with Crippen LogP contribution in [0.15, 0.2) is 41.6 Å². The largest absolute Gasteiger partial charge is 0.311 e. The van der Waals surface area contributed by atoms with E-state index in [4.69, 9.17) is 0 Å². The van der Waals surface area contributed by atoms with Gasteiger partial charge in [0.15, 0.2) is 0 Å². The Morgan fingerprint density at radius 3 is 2.77 bits per heavy atom. The predicted molar refractivity (Wildman–Crippen MR) is 96.6 cm³/mol. The number of alkyl halides is 1. The normalized spacial score (nSPS) is 18.7. The molecule has 1 amide bonds. The first kappa shape index (κ1) is 16.4. The van der Waals surface area contributed by atoms with Gasteiger partial charge < -0.3 is 9.88 Å². The first-order chi connectivity index (χ1) is 12.5. The fourth-order valence-corrected chi connectivity index (χ4v) is 3.03. The number of nitrogens with zero attached hydrogens (tertiary/aromatic N) is 3. The number of aromatic nitrogens is 3. The summed E-state index contributed by atoms with van der Waals surface area (Å²) in [6, 6.07) is 5.26. The summed E-state index contributed by atoms with van der Waals surface area (Å²) in [4.78, 5) is 33.0. The van der Waals surface area contributed by atoms with Gasteiger partial charge in [-0.15, -0.1) is 0 Å². The molecule has 0 bridgehead atoms. The molecule has 3 aromatic rings. The Morgan fingerprint density at radius 2 is 2.08 bits per heavy atom. The van der Waals surface area contributed by atoms with Crippen molar-refractivity contribution >= 4 is 22.6 Å². The maximum atomic E-state index is 13.0. The van der Waals surface area contributed by atoms with Crippen molar-refractivity contribution in [3.05, 3.63) is 52.7 Å². The van der Waals surface area contributed by atoms with E-state index in [9.17, 15) is 14.0 Å². The van der Waals surface area contributed by atoms with E-state index in [2.05, 4.69) is 15.3 Å². The van der Waals surface area contributed by atoms with Crippen LogP contribution in [0.5, 0.6) is 0 Å². The number of rotatable bonds is 3. The van der Waals surface area contributed by atoms with Crippen molar-refractivity contribution < 1.29 is 9.18 Å². The number of carbonyl (C=O) groups excluding carboxylic acids is 1. The van der Waals surface area contributed by atoms with Gasteiger partial charge in [-0.3, -0.25) is 14.6 Å². The molecule has 132 valence electrons. The Morgan fingerprint density at radius 1 is 1.31 bits per heavy atom. The van der Waals surface area contributed by atoms with Crippen molar-refractivity contribution in [3.63, 3.8) is 0 Å². The Hall–Kier alpha value is -3.09. The minimum Gasteiger partial charge on any atom is -0.311 e. The van der Waals surface area contributed by atoms with Crippen molar-refractivity contribution in [1.82, 2.24) is 14.5 Å². The van der Waals surface area contributed by atoms with E-state index >= 15 is 0 Å². The van der Waals surface area contributed by atoms with Crippen molar-refractivity contribution in [2.24, 2.45) is 13.0 Å². The van der Waals surface area contributed by atoms with Gasteiger partial charge in [-0.25, -0.2) is 9.37 Å². The Kier molecular flexibility index (Phi) is 3.79. The smallest absolute Gasteiger partial charge is 0.258 e. The first-order valence-corrected chi connectivity index (χ1v) is 8.31. The number of hydrogen-bond acceptors (Lipinski definition) is 4. The predicted octanol–water partition coefficient (Wildman–Crippen LogP) is 2.60. The third-order valence-electron chi connectivity index (χ3n) is 4.74. The van der Waals surface area contributed by atoms with E-state index in [1.807, 2.05) is 13.0 Å². The molecule has 0 aromatic carbocycles. The van der Waals surface area contributed by atoms with Gasteiger partial charge in [0, 0.05) is 48.2 Å². The van der Waals surface area contributed by atoms with E-state index in [0.29, 0.717) is 16.9 Å². The highest BCUT2D eigenvalue weighted by Crippen LogP contribution is 2.34. The minimum absolute atomic E-state index is 0.164. The number of carbonyl (C=O) groups is 1. The Bertz CT molecular complexity index is 1090. The fraction of sp³-hybridized carbons (Fsp3) is 0.263. The molecule has 1 N–H and O–H groups in total. The third-order valence-corrected chi connectivity index (χ3v) is 4.74. The summed E-state index contributed by atoms with van der Waals surface area (Å²) in [5, 5.41) is 3.38. The molecular formula is C19H17FN4O2. The molecule has 2 atom stereocenters. The van der Waals surface area contributed by atoms with Gasteiger partial charge in [-0.05, 0) is 31.0 Å². The van der Waals surface area contributed by atoms with E-state index in [1.54, 1.807) is 37.8 Å². The molecule has 1 saturated carbocycles. The summed E-state index contributed by atoms with van der Waals surface area (Å²) in [5.41, 5.74) is 2.75. The minimum atomic E-state index is -1.06. The van der Waals surface area contributed by atoms with Crippen LogP contribution in [0.4, 0.5) is 10.2 Å². The average molecular weight is 352 g/mol. The highest BCUT2D eigenvalue weighted by atomic mass is 19.1. The summed E-state index contributed by atoms with van der Waals surface area (Å²) in [6.07, 6.45) is 4.14. The number of hydrogen-bond donors (Lipinski definition) is 1. The third kappa shape index (κ3) is 2.75. The molecule has 0 saturated heterocycles. The zero-order chi connectivity index (χ0) is 18.4. The fourth-order valence-electron chi connectivity index (χ4n) is 3.03. The summed E-state index contributed by atoms with van der Waals surface area (Å²) in [6.45, 7) is 1.92. The van der Waals surface area contributed by atoms with Gasteiger partial charge >= 0.3 is 0 Å². The second kappa shape index (κ2) is 6.01. The van der Waals surface area contributed by atoms with Crippen LogP contribution >= 0.6 is 0 Å². The number of nitrogens with one attached hydrogen (secondary N) is 1. The average Bonchev–Trinajstić information content (AvgIpc) is 3.36. The van der Waals surface area contributed by atoms with Crippen LogP contribution in [-0.2, 0) is 11.8 Å². The lowest BCUT2D eigenvalue weighted by Gasteiger charge is -2.11. The molecule has 0 unspecified atom stereocenters. The number of halogens is 1. The van der Waals surface area contributed by atoms with Crippen LogP contribution in [0.1, 0.15) is 12.0 Å². The van der Waals surface area contributed by atoms with Crippen LogP contribution in [0, 0.1) is 12.8 Å². The number of aryl methyl sites for hydroxylation is 2. The lowest BCUT2D eigenvalue weighted by molar-refractivity contribution is -0.117. The molecule has 26 heavy (non-hydrogen) atoms. The lowest BCUT2D eigenvalue weighted by Crippen LogP contribution is -2.20. The van der Waals surface area contributed by atoms with Crippen molar-refractivity contribution in [3.8, 4) is 11.1 Å². The number of fused-ring (bicyclic) bond motifs is 1. The maximum absolute atomic E-state index is 13.0. The standard InChI is InChI=1S/C19H17FN4O2/c1-10-3-4-21-9-14(10)12-5-11-8-22-17(7-16(11)24(2)19(12)26)23-18(25)13-6-15(13)20/h3-5,7-9,13,15H,6H2,1-2H3,(H,22,23,25)/t13-,15+/m1/s1. The molecule has 1 fully saturated rings. The lowest BCUT2D eigenvalue weighted by atomic mass is 10.0. The van der Waals surface area contributed by atoms with Crippen LogP contribution in [-0.4, -0.2) is 26.6 Å². The van der Waals surface area contributed by atoms with Crippen molar-refractivity contribution in [2.45, 2.75) is 19.5 Å². The molecule has 0 aliphatic heterocycles. The van der Waals surface area contributed by atoms with E-state index < -0.39 is 12.1 Å². The highest BCUT2D eigenvalue weighted by molar-refractivity contribution is 5.95. The van der Waals surface area contributed by atoms with Crippen LogP contribution < -0.4 is 10.9 Å². The molecule has 1 aliphatic carbocycles. The summed E-state index contributed by atoms with van der Waals surface area (Å²) < 4.78 is 14.5. The topological polar surface area (TPSA) is 76.9 Å². The SMILES string of the molecule is Cc1ccncc1-c1cc2cnc(NC(=O)[C@@H]3C[C@@H]3F)cc2n(C)c1=O. The molecule has 1 aliphatic rings. The van der Waals surface area contributed by atoms with Crippen molar-refractivity contribution in [2.75, 3.05) is 5.32 Å².